The summed E-state index contributed by atoms with van der Waals surface area (Å²) in [5.74, 6) is 0.832. The topological polar surface area (TPSA) is 48.5 Å². The van der Waals surface area contributed by atoms with E-state index in [-0.39, 0.29) is 6.61 Å². The van der Waals surface area contributed by atoms with Crippen molar-refractivity contribution in [2.24, 2.45) is 11.8 Å². The number of aromatic amines is 1. The number of nitrogens with one attached hydrogen (secondary N) is 1. The standard InChI is InChI=1S/C16H20N2O2/c19-9-12-10-20-16-8-18(7-14(12)16)6-11-2-1-3-15-13(11)4-5-17-15/h1-5,12,14,16-17,19H,6-10H2/t12-,14-,16-/m1/s1. The Morgan fingerprint density at radius 1 is 1.30 bits per heavy atom. The van der Waals surface area contributed by atoms with Crippen molar-refractivity contribution in [1.82, 2.24) is 9.88 Å². The number of hydrogen-bond donors (Lipinski definition) is 2. The quantitative estimate of drug-likeness (QED) is 0.892. The molecular formula is C16H20N2O2. The lowest BCUT2D eigenvalue weighted by Crippen LogP contribution is -2.25. The average Bonchev–Trinajstić information content (AvgIpc) is 3.12. The maximum Gasteiger partial charge on any atom is 0.0746 e. The number of aliphatic hydroxyl groups excluding tert-OH is 1. The van der Waals surface area contributed by atoms with Crippen molar-refractivity contribution in [3.63, 3.8) is 0 Å². The molecule has 3 atom stereocenters. The fraction of sp³-hybridized carbons (Fsp3) is 0.500. The van der Waals surface area contributed by atoms with Gasteiger partial charge in [-0.05, 0) is 17.7 Å². The Morgan fingerprint density at radius 2 is 2.25 bits per heavy atom. The van der Waals surface area contributed by atoms with Crippen LogP contribution in [0.2, 0.25) is 0 Å². The minimum atomic E-state index is 0.252. The second kappa shape index (κ2) is 4.88. The summed E-state index contributed by atoms with van der Waals surface area (Å²) in [4.78, 5) is 5.72. The maximum absolute atomic E-state index is 9.40. The van der Waals surface area contributed by atoms with Gasteiger partial charge < -0.3 is 14.8 Å². The van der Waals surface area contributed by atoms with E-state index in [0.29, 0.717) is 17.9 Å². The van der Waals surface area contributed by atoms with Crippen molar-refractivity contribution in [2.75, 3.05) is 26.3 Å². The van der Waals surface area contributed by atoms with Gasteiger partial charge in [0, 0.05) is 55.2 Å². The molecule has 4 nitrogen and oxygen atoms in total. The van der Waals surface area contributed by atoms with Crippen LogP contribution in [0.5, 0.6) is 0 Å². The molecule has 3 heterocycles. The summed E-state index contributed by atoms with van der Waals surface area (Å²) in [6.07, 6.45) is 2.32. The molecule has 0 radical (unpaired) electrons. The average molecular weight is 272 g/mol. The van der Waals surface area contributed by atoms with E-state index in [4.69, 9.17) is 4.74 Å². The number of fused-ring (bicyclic) bond motifs is 2. The number of likely N-dealkylation sites (tertiary alicyclic amines) is 1. The number of benzene rings is 1. The van der Waals surface area contributed by atoms with Crippen LogP contribution in [0.4, 0.5) is 0 Å². The number of hydrogen-bond acceptors (Lipinski definition) is 3. The molecule has 106 valence electrons. The highest BCUT2D eigenvalue weighted by Gasteiger charge is 2.43. The predicted molar refractivity (Wildman–Crippen MR) is 77.4 cm³/mol. The maximum atomic E-state index is 9.40. The van der Waals surface area contributed by atoms with E-state index in [9.17, 15) is 5.11 Å². The van der Waals surface area contributed by atoms with Crippen molar-refractivity contribution >= 4 is 10.9 Å². The Kier molecular flexibility index (Phi) is 3.02. The summed E-state index contributed by atoms with van der Waals surface area (Å²) in [5.41, 5.74) is 2.57. The number of aliphatic hydroxyl groups is 1. The van der Waals surface area contributed by atoms with Crippen LogP contribution in [0.3, 0.4) is 0 Å². The highest BCUT2D eigenvalue weighted by Crippen LogP contribution is 2.34. The van der Waals surface area contributed by atoms with Gasteiger partial charge in [0.2, 0.25) is 0 Å². The largest absolute Gasteiger partial charge is 0.396 e. The molecule has 0 amide bonds. The number of ether oxygens (including phenoxy) is 1. The van der Waals surface area contributed by atoms with Crippen molar-refractivity contribution < 1.29 is 9.84 Å². The van der Waals surface area contributed by atoms with Crippen LogP contribution >= 0.6 is 0 Å². The molecule has 2 saturated heterocycles. The third-order valence-electron chi connectivity index (χ3n) is 4.83. The lowest BCUT2D eigenvalue weighted by Gasteiger charge is -2.19. The number of nitrogens with zero attached hydrogens (tertiary/aromatic N) is 1. The van der Waals surface area contributed by atoms with Gasteiger partial charge >= 0.3 is 0 Å². The van der Waals surface area contributed by atoms with Gasteiger partial charge in [0.05, 0.1) is 12.7 Å². The molecule has 2 aliphatic heterocycles. The second-order valence-corrected chi connectivity index (χ2v) is 6.03. The van der Waals surface area contributed by atoms with Crippen LogP contribution in [0, 0.1) is 11.8 Å². The SMILES string of the molecule is OC[C@@H]1CO[C@@H]2CN(Cc3cccc4[nH]ccc34)C[C@H]12. The molecule has 2 aliphatic rings. The Bertz CT molecular complexity index is 609. The van der Waals surface area contributed by atoms with Crippen LogP contribution in [0.15, 0.2) is 30.5 Å². The van der Waals surface area contributed by atoms with Gasteiger partial charge in [-0.1, -0.05) is 12.1 Å². The van der Waals surface area contributed by atoms with E-state index >= 15 is 0 Å². The van der Waals surface area contributed by atoms with Gasteiger partial charge in [0.15, 0.2) is 0 Å². The first kappa shape index (κ1) is 12.4. The molecule has 20 heavy (non-hydrogen) atoms. The second-order valence-electron chi connectivity index (χ2n) is 6.03. The molecule has 0 saturated carbocycles. The lowest BCUT2D eigenvalue weighted by atomic mass is 9.94. The zero-order valence-corrected chi connectivity index (χ0v) is 11.5. The molecule has 2 fully saturated rings. The first-order chi connectivity index (χ1) is 9.85. The van der Waals surface area contributed by atoms with E-state index in [2.05, 4.69) is 34.1 Å². The van der Waals surface area contributed by atoms with Crippen LogP contribution < -0.4 is 0 Å². The van der Waals surface area contributed by atoms with E-state index in [1.807, 2.05) is 6.20 Å². The first-order valence-corrected chi connectivity index (χ1v) is 7.35. The summed E-state index contributed by atoms with van der Waals surface area (Å²) in [7, 11) is 0. The Balaban J connectivity index is 1.52. The molecule has 2 aromatic rings. The Labute approximate surface area is 118 Å². The summed E-state index contributed by atoms with van der Waals surface area (Å²) in [6, 6.07) is 8.57. The lowest BCUT2D eigenvalue weighted by molar-refractivity contribution is 0.0883. The van der Waals surface area contributed by atoms with Gasteiger partial charge in [-0.15, -0.1) is 0 Å². The molecule has 4 rings (SSSR count). The number of rotatable bonds is 3. The summed E-state index contributed by atoms with van der Waals surface area (Å²) in [5, 5.41) is 10.7. The third-order valence-corrected chi connectivity index (χ3v) is 4.83. The molecule has 2 N–H and O–H groups in total. The third kappa shape index (κ3) is 1.95. The minimum Gasteiger partial charge on any atom is -0.396 e. The monoisotopic (exact) mass is 272 g/mol. The molecular weight excluding hydrogens is 252 g/mol. The predicted octanol–water partition coefficient (Wildman–Crippen LogP) is 1.61. The van der Waals surface area contributed by atoms with Crippen molar-refractivity contribution in [1.29, 1.82) is 0 Å². The zero-order chi connectivity index (χ0) is 13.5. The van der Waals surface area contributed by atoms with Crippen molar-refractivity contribution in [2.45, 2.75) is 12.6 Å². The Morgan fingerprint density at radius 3 is 3.15 bits per heavy atom. The zero-order valence-electron chi connectivity index (χ0n) is 11.5. The van der Waals surface area contributed by atoms with E-state index in [0.717, 1.165) is 26.2 Å². The van der Waals surface area contributed by atoms with Gasteiger partial charge in [-0.2, -0.15) is 0 Å². The molecule has 4 heteroatoms. The molecule has 0 spiro atoms. The number of aromatic nitrogens is 1. The van der Waals surface area contributed by atoms with Gasteiger partial charge in [0.25, 0.3) is 0 Å². The molecule has 1 aromatic heterocycles. The Hall–Kier alpha value is -1.36. The normalized spacial score (nSPS) is 30.1. The number of H-pyrrole nitrogens is 1. The van der Waals surface area contributed by atoms with E-state index < -0.39 is 0 Å². The molecule has 0 aliphatic carbocycles. The van der Waals surface area contributed by atoms with E-state index in [1.165, 1.54) is 16.5 Å². The highest BCUT2D eigenvalue weighted by atomic mass is 16.5. The van der Waals surface area contributed by atoms with Crippen molar-refractivity contribution in [3.8, 4) is 0 Å². The minimum absolute atomic E-state index is 0.252. The molecule has 1 aromatic carbocycles. The van der Waals surface area contributed by atoms with Crippen LogP contribution in [0.1, 0.15) is 5.56 Å². The van der Waals surface area contributed by atoms with Gasteiger partial charge in [-0.3, -0.25) is 4.90 Å². The smallest absolute Gasteiger partial charge is 0.0746 e. The van der Waals surface area contributed by atoms with Crippen LogP contribution in [-0.2, 0) is 11.3 Å². The van der Waals surface area contributed by atoms with Crippen LogP contribution in [0.25, 0.3) is 10.9 Å². The first-order valence-electron chi connectivity index (χ1n) is 7.35. The fourth-order valence-corrected chi connectivity index (χ4v) is 3.73. The van der Waals surface area contributed by atoms with Crippen LogP contribution in [-0.4, -0.2) is 47.4 Å². The summed E-state index contributed by atoms with van der Waals surface area (Å²) >= 11 is 0. The van der Waals surface area contributed by atoms with E-state index in [1.54, 1.807) is 0 Å². The summed E-state index contributed by atoms with van der Waals surface area (Å²) < 4.78 is 5.81. The molecule has 0 unspecified atom stereocenters. The molecule has 0 bridgehead atoms. The highest BCUT2D eigenvalue weighted by molar-refractivity contribution is 5.82. The van der Waals surface area contributed by atoms with Gasteiger partial charge in [-0.25, -0.2) is 0 Å². The van der Waals surface area contributed by atoms with Crippen molar-refractivity contribution in [3.05, 3.63) is 36.0 Å². The van der Waals surface area contributed by atoms with Gasteiger partial charge in [0.1, 0.15) is 0 Å². The fourth-order valence-electron chi connectivity index (χ4n) is 3.73. The summed E-state index contributed by atoms with van der Waals surface area (Å²) in [6.45, 7) is 3.97.